The fourth-order valence-electron chi connectivity index (χ4n) is 2.39. The minimum atomic E-state index is -0.214. The molecule has 0 aliphatic heterocycles. The van der Waals surface area contributed by atoms with Crippen molar-refractivity contribution in [1.29, 1.82) is 0 Å². The summed E-state index contributed by atoms with van der Waals surface area (Å²) in [5.74, 6) is 1.18. The Morgan fingerprint density at radius 2 is 1.92 bits per heavy atom. The number of para-hydroxylation sites is 1. The Kier molecular flexibility index (Phi) is 6.23. The van der Waals surface area contributed by atoms with Gasteiger partial charge in [-0.1, -0.05) is 32.0 Å². The summed E-state index contributed by atoms with van der Waals surface area (Å²) >= 11 is 0. The third-order valence-corrected chi connectivity index (χ3v) is 3.88. The molecule has 2 rings (SSSR count). The van der Waals surface area contributed by atoms with Crippen LogP contribution < -0.4 is 15.5 Å². The lowest BCUT2D eigenvalue weighted by Crippen LogP contribution is -2.42. The van der Waals surface area contributed by atoms with Crippen molar-refractivity contribution in [2.45, 2.75) is 33.4 Å². The number of anilines is 2. The van der Waals surface area contributed by atoms with Gasteiger partial charge in [-0.25, -0.2) is 9.48 Å². The van der Waals surface area contributed by atoms with Crippen LogP contribution in [0.25, 0.3) is 0 Å². The molecule has 0 spiro atoms. The van der Waals surface area contributed by atoms with Gasteiger partial charge < -0.3 is 10.2 Å². The van der Waals surface area contributed by atoms with E-state index in [0.29, 0.717) is 18.3 Å². The lowest BCUT2D eigenvalue weighted by Gasteiger charge is -2.27. The molecule has 1 aromatic heterocycles. The molecule has 0 radical (unpaired) electrons. The molecular weight excluding hydrogens is 302 g/mol. The highest BCUT2D eigenvalue weighted by atomic mass is 16.2. The first kappa shape index (κ1) is 17.8. The fourth-order valence-corrected chi connectivity index (χ4v) is 2.39. The van der Waals surface area contributed by atoms with E-state index in [-0.39, 0.29) is 12.1 Å². The third kappa shape index (κ3) is 5.01. The van der Waals surface area contributed by atoms with Crippen molar-refractivity contribution < 1.29 is 4.79 Å². The van der Waals surface area contributed by atoms with Crippen LogP contribution in [0, 0.1) is 5.92 Å². The van der Waals surface area contributed by atoms with Crippen molar-refractivity contribution in [3.63, 3.8) is 0 Å². The summed E-state index contributed by atoms with van der Waals surface area (Å²) in [7, 11) is 2.03. The number of hydrogen-bond acceptors (Lipinski definition) is 3. The summed E-state index contributed by atoms with van der Waals surface area (Å²) in [6.45, 7) is 7.64. The monoisotopic (exact) mass is 329 g/mol. The highest BCUT2D eigenvalue weighted by molar-refractivity contribution is 5.88. The van der Waals surface area contributed by atoms with Crippen molar-refractivity contribution >= 4 is 17.5 Å². The van der Waals surface area contributed by atoms with Crippen molar-refractivity contribution in [1.82, 2.24) is 15.1 Å². The first-order valence-electron chi connectivity index (χ1n) is 8.32. The second-order valence-electron chi connectivity index (χ2n) is 6.42. The normalized spacial score (nSPS) is 12.0. The van der Waals surface area contributed by atoms with Gasteiger partial charge in [-0.15, -0.1) is 0 Å². The third-order valence-electron chi connectivity index (χ3n) is 3.88. The number of hydrogen-bond donors (Lipinski definition) is 2. The Bertz CT molecular complexity index is 638. The van der Waals surface area contributed by atoms with Gasteiger partial charge in [-0.3, -0.25) is 5.32 Å². The fraction of sp³-hybridized carbons (Fsp3) is 0.444. The second-order valence-corrected chi connectivity index (χ2v) is 6.42. The summed E-state index contributed by atoms with van der Waals surface area (Å²) in [6.07, 6.45) is 1.70. The maximum absolute atomic E-state index is 12.1. The van der Waals surface area contributed by atoms with Crippen LogP contribution in [-0.2, 0) is 6.54 Å². The minimum absolute atomic E-state index is 0.179. The van der Waals surface area contributed by atoms with Crippen LogP contribution in [0.3, 0.4) is 0 Å². The summed E-state index contributed by atoms with van der Waals surface area (Å²) in [6, 6.07) is 11.9. The number of nitrogens with zero attached hydrogens (tertiary/aromatic N) is 3. The molecular formula is C18H27N5O. The van der Waals surface area contributed by atoms with E-state index in [1.54, 1.807) is 6.20 Å². The molecule has 0 aliphatic carbocycles. The van der Waals surface area contributed by atoms with E-state index in [2.05, 4.69) is 53.5 Å². The Balaban J connectivity index is 1.84. The molecule has 0 saturated heterocycles. The quantitative estimate of drug-likeness (QED) is 0.820. The summed E-state index contributed by atoms with van der Waals surface area (Å²) < 4.78 is 1.81. The number of amides is 2. The average Bonchev–Trinajstić information content (AvgIpc) is 2.98. The maximum Gasteiger partial charge on any atom is 0.320 e. The van der Waals surface area contributed by atoms with Crippen LogP contribution >= 0.6 is 0 Å². The Hall–Kier alpha value is -2.50. The maximum atomic E-state index is 12.1. The zero-order valence-corrected chi connectivity index (χ0v) is 14.9. The van der Waals surface area contributed by atoms with Gasteiger partial charge in [0.15, 0.2) is 0 Å². The van der Waals surface area contributed by atoms with Gasteiger partial charge in [0, 0.05) is 37.9 Å². The van der Waals surface area contributed by atoms with Crippen LogP contribution in [0.4, 0.5) is 16.3 Å². The Morgan fingerprint density at radius 1 is 1.21 bits per heavy atom. The predicted molar refractivity (Wildman–Crippen MR) is 98.4 cm³/mol. The topological polar surface area (TPSA) is 62.2 Å². The lowest BCUT2D eigenvalue weighted by atomic mass is 10.2. The van der Waals surface area contributed by atoms with E-state index < -0.39 is 0 Å². The largest absolute Gasteiger partial charge is 0.370 e. The predicted octanol–water partition coefficient (Wildman–Crippen LogP) is 3.19. The van der Waals surface area contributed by atoms with Crippen molar-refractivity contribution in [3.8, 4) is 0 Å². The van der Waals surface area contributed by atoms with Crippen LogP contribution in [0.15, 0.2) is 42.6 Å². The Morgan fingerprint density at radius 3 is 2.58 bits per heavy atom. The SMILES string of the molecule is CC(C)Cn1nccc1NC(=O)NCC(C)N(C)c1ccccc1. The number of urea groups is 1. The second kappa shape index (κ2) is 8.38. The zero-order chi connectivity index (χ0) is 17.5. The minimum Gasteiger partial charge on any atom is -0.370 e. The van der Waals surface area contributed by atoms with Crippen molar-refractivity contribution in [3.05, 3.63) is 42.6 Å². The first-order valence-corrected chi connectivity index (χ1v) is 8.32. The molecule has 130 valence electrons. The summed E-state index contributed by atoms with van der Waals surface area (Å²) in [5, 5.41) is 10.0. The van der Waals surface area contributed by atoms with Gasteiger partial charge in [0.1, 0.15) is 5.82 Å². The number of rotatable bonds is 7. The van der Waals surface area contributed by atoms with Gasteiger partial charge in [0.05, 0.1) is 6.20 Å². The van der Waals surface area contributed by atoms with Crippen LogP contribution in [0.1, 0.15) is 20.8 Å². The molecule has 0 saturated carbocycles. The van der Waals surface area contributed by atoms with Crippen LogP contribution in [-0.4, -0.2) is 35.4 Å². The molecule has 0 fully saturated rings. The van der Waals surface area contributed by atoms with E-state index in [0.717, 1.165) is 12.2 Å². The van der Waals surface area contributed by atoms with Gasteiger partial charge >= 0.3 is 6.03 Å². The van der Waals surface area contributed by atoms with Crippen LogP contribution in [0.2, 0.25) is 0 Å². The highest BCUT2D eigenvalue weighted by Crippen LogP contribution is 2.13. The van der Waals surface area contributed by atoms with Crippen LogP contribution in [0.5, 0.6) is 0 Å². The number of nitrogens with one attached hydrogen (secondary N) is 2. The molecule has 0 aliphatic rings. The molecule has 1 atom stereocenters. The molecule has 2 amide bonds. The lowest BCUT2D eigenvalue weighted by molar-refractivity contribution is 0.251. The standard InChI is InChI=1S/C18H27N5O/c1-14(2)13-23-17(10-11-20-23)21-18(24)19-12-15(3)22(4)16-8-6-5-7-9-16/h5-11,14-15H,12-13H2,1-4H3,(H2,19,21,24). The average molecular weight is 329 g/mol. The zero-order valence-electron chi connectivity index (χ0n) is 14.9. The number of carbonyl (C=O) groups is 1. The van der Waals surface area contributed by atoms with Gasteiger partial charge in [0.2, 0.25) is 0 Å². The summed E-state index contributed by atoms with van der Waals surface area (Å²) in [4.78, 5) is 14.3. The van der Waals surface area contributed by atoms with Gasteiger partial charge in [0.25, 0.3) is 0 Å². The molecule has 6 heteroatoms. The molecule has 2 N–H and O–H groups in total. The molecule has 1 aromatic carbocycles. The molecule has 6 nitrogen and oxygen atoms in total. The highest BCUT2D eigenvalue weighted by Gasteiger charge is 2.12. The van der Waals surface area contributed by atoms with Gasteiger partial charge in [-0.05, 0) is 25.0 Å². The van der Waals surface area contributed by atoms with E-state index >= 15 is 0 Å². The molecule has 2 aromatic rings. The van der Waals surface area contributed by atoms with Crippen molar-refractivity contribution in [2.24, 2.45) is 5.92 Å². The number of aromatic nitrogens is 2. The molecule has 24 heavy (non-hydrogen) atoms. The van der Waals surface area contributed by atoms with E-state index in [1.165, 1.54) is 0 Å². The van der Waals surface area contributed by atoms with Gasteiger partial charge in [-0.2, -0.15) is 5.10 Å². The molecule has 0 bridgehead atoms. The first-order chi connectivity index (χ1) is 11.5. The summed E-state index contributed by atoms with van der Waals surface area (Å²) in [5.41, 5.74) is 1.13. The van der Waals surface area contributed by atoms with Crippen molar-refractivity contribution in [2.75, 3.05) is 23.8 Å². The number of carbonyl (C=O) groups excluding carboxylic acids is 1. The van der Waals surface area contributed by atoms with E-state index in [9.17, 15) is 4.79 Å². The molecule has 1 unspecified atom stereocenters. The van der Waals surface area contributed by atoms with E-state index in [1.807, 2.05) is 36.0 Å². The van der Waals surface area contributed by atoms with E-state index in [4.69, 9.17) is 0 Å². The number of likely N-dealkylation sites (N-methyl/N-ethyl adjacent to an activating group) is 1. The molecule has 1 heterocycles. The number of benzene rings is 1. The smallest absolute Gasteiger partial charge is 0.320 e. The Labute approximate surface area is 143 Å².